The topological polar surface area (TPSA) is 137 Å². The number of carbonyl (C=O) groups is 1. The van der Waals surface area contributed by atoms with Crippen LogP contribution in [0.4, 0.5) is 9.52 Å². The zero-order chi connectivity index (χ0) is 33.9. The van der Waals surface area contributed by atoms with Crippen LogP contribution >= 0.6 is 11.3 Å². The maximum Gasteiger partial charge on any atom is 0.306 e. The average molecular weight is 716 g/mol. The van der Waals surface area contributed by atoms with Crippen LogP contribution in [0.1, 0.15) is 44.6 Å². The molecule has 2 saturated carbocycles. The second kappa shape index (κ2) is 13.1. The molecule has 11 nitrogen and oxygen atoms in total. The third kappa shape index (κ3) is 7.23. The normalized spacial score (nSPS) is 28.4. The Balaban J connectivity index is 1.03. The van der Waals surface area contributed by atoms with Crippen molar-refractivity contribution >= 4 is 42.7 Å². The van der Waals surface area contributed by atoms with Crippen LogP contribution in [0.15, 0.2) is 47.4 Å². The van der Waals surface area contributed by atoms with Crippen LogP contribution in [-0.2, 0) is 40.2 Å². The number of sulfonamides is 1. The Bertz CT molecular complexity index is 1800. The molecular weight excluding hydrogens is 674 g/mol. The number of aromatic nitrogens is 1. The molecule has 4 saturated heterocycles. The van der Waals surface area contributed by atoms with Crippen molar-refractivity contribution in [2.45, 2.75) is 81.0 Å². The number of esters is 1. The summed E-state index contributed by atoms with van der Waals surface area (Å²) in [6.07, 6.45) is 1.61. The molecule has 4 bridgehead atoms. The van der Waals surface area contributed by atoms with Gasteiger partial charge >= 0.3 is 5.97 Å². The third-order valence-electron chi connectivity index (χ3n) is 10.6. The molecule has 2 aromatic carbocycles. The second-order valence-corrected chi connectivity index (χ2v) is 17.7. The second-order valence-electron chi connectivity index (χ2n) is 14.7. The number of nitrogens with zero attached hydrogens (tertiary/aromatic N) is 2. The minimum Gasteiger partial charge on any atom is -0.461 e. The first-order valence-electron chi connectivity index (χ1n) is 17.2. The number of hydrogen-bond donors (Lipinski definition) is 2. The lowest BCUT2D eigenvalue weighted by molar-refractivity contribution is -0.170. The highest BCUT2D eigenvalue weighted by Gasteiger charge is 2.54. The molecule has 0 spiro atoms. The molecule has 7 atom stereocenters. The first-order valence-corrected chi connectivity index (χ1v) is 19.4. The van der Waals surface area contributed by atoms with Crippen molar-refractivity contribution in [3.63, 3.8) is 0 Å². The van der Waals surface area contributed by atoms with E-state index in [-0.39, 0.29) is 54.2 Å². The van der Waals surface area contributed by atoms with Crippen molar-refractivity contribution in [3.05, 3.63) is 53.8 Å². The van der Waals surface area contributed by atoms with Crippen molar-refractivity contribution in [1.29, 1.82) is 0 Å². The van der Waals surface area contributed by atoms with Gasteiger partial charge in [-0.05, 0) is 73.4 Å². The standard InChI is InChI=1S/C35H42FN3O8S2/c1-35(10-11-35)19-39(49(42,43)25-8-9-27-29(14-25)48-34(38-27)37-24-6-7-24)15-28(40)21(12-20-2-4-23(36)5-3-20)13-30(41)47-31-22-16-44-32-26(31)18-46-33(32)45-17-22/h2-5,8-9,14,21-22,24,26,28,31-33,40H,6-7,10-13,15-19H2,1H3,(H,37,38)/t21-,22?,26?,28-,31?,32?,33?/m1/s1. The summed E-state index contributed by atoms with van der Waals surface area (Å²) in [6, 6.07) is 11.3. The summed E-state index contributed by atoms with van der Waals surface area (Å²) in [4.78, 5) is 18.4. The van der Waals surface area contributed by atoms with Crippen LogP contribution in [0.2, 0.25) is 0 Å². The SMILES string of the molecule is CC1(CN(C[C@@H](O)[C@@H](CC(=O)OC2C3COC4OCC2C4OC3)Cc2ccc(F)cc2)S(=O)(=O)c2ccc3nc(NC4CC4)sc3c2)CC1. The lowest BCUT2D eigenvalue weighted by Crippen LogP contribution is -2.48. The smallest absolute Gasteiger partial charge is 0.306 e. The Kier molecular flexibility index (Phi) is 8.95. The van der Waals surface area contributed by atoms with Gasteiger partial charge in [0.2, 0.25) is 10.0 Å². The average Bonchev–Trinajstić information content (AvgIpc) is 3.97. The van der Waals surface area contributed by atoms with Gasteiger partial charge in [0.05, 0.1) is 53.4 Å². The number of ether oxygens (including phenoxy) is 4. The van der Waals surface area contributed by atoms with E-state index in [4.69, 9.17) is 18.9 Å². The minimum atomic E-state index is -4.04. The molecule has 49 heavy (non-hydrogen) atoms. The predicted octanol–water partition coefficient (Wildman–Crippen LogP) is 4.34. The molecule has 2 N–H and O–H groups in total. The molecule has 6 fully saturated rings. The molecule has 2 aliphatic carbocycles. The Morgan fingerprint density at radius 1 is 1.14 bits per heavy atom. The molecule has 0 radical (unpaired) electrons. The number of carbonyl (C=O) groups excluding carboxylic acids is 1. The Labute approximate surface area is 289 Å². The Morgan fingerprint density at radius 3 is 2.65 bits per heavy atom. The van der Waals surface area contributed by atoms with Crippen molar-refractivity contribution in [3.8, 4) is 0 Å². The zero-order valence-corrected chi connectivity index (χ0v) is 29.0. The molecule has 3 aromatic rings. The summed E-state index contributed by atoms with van der Waals surface area (Å²) >= 11 is 1.43. The van der Waals surface area contributed by atoms with E-state index in [1.165, 1.54) is 27.8 Å². The monoisotopic (exact) mass is 715 g/mol. The molecule has 1 aromatic heterocycles. The van der Waals surface area contributed by atoms with E-state index in [1.54, 1.807) is 30.3 Å². The fourth-order valence-electron chi connectivity index (χ4n) is 7.21. The van der Waals surface area contributed by atoms with Crippen LogP contribution < -0.4 is 5.32 Å². The molecule has 14 heteroatoms. The minimum absolute atomic E-state index is 0.129. The summed E-state index contributed by atoms with van der Waals surface area (Å²) in [5.74, 6) is -1.87. The van der Waals surface area contributed by atoms with Gasteiger partial charge in [-0.25, -0.2) is 17.8 Å². The van der Waals surface area contributed by atoms with E-state index in [1.807, 2.05) is 6.92 Å². The molecule has 5 unspecified atom stereocenters. The van der Waals surface area contributed by atoms with Crippen molar-refractivity contribution in [2.75, 3.05) is 38.2 Å². The first kappa shape index (κ1) is 33.4. The van der Waals surface area contributed by atoms with Gasteiger partial charge in [-0.15, -0.1) is 0 Å². The number of hydrogen-bond acceptors (Lipinski definition) is 11. The number of aliphatic hydroxyl groups excluding tert-OH is 1. The van der Waals surface area contributed by atoms with Crippen molar-refractivity contribution < 1.29 is 41.7 Å². The molecule has 264 valence electrons. The highest BCUT2D eigenvalue weighted by molar-refractivity contribution is 7.89. The van der Waals surface area contributed by atoms with E-state index < -0.39 is 46.2 Å². The predicted molar refractivity (Wildman–Crippen MR) is 179 cm³/mol. The summed E-state index contributed by atoms with van der Waals surface area (Å²) in [5, 5.41) is 16.0. The third-order valence-corrected chi connectivity index (χ3v) is 13.4. The largest absolute Gasteiger partial charge is 0.461 e. The number of fused-ring (bicyclic) bond motifs is 3. The van der Waals surface area contributed by atoms with Gasteiger partial charge in [-0.2, -0.15) is 4.31 Å². The van der Waals surface area contributed by atoms with E-state index in [0.717, 1.165) is 46.6 Å². The van der Waals surface area contributed by atoms with Crippen LogP contribution in [0.3, 0.4) is 0 Å². The van der Waals surface area contributed by atoms with Crippen molar-refractivity contribution in [2.24, 2.45) is 23.2 Å². The summed E-state index contributed by atoms with van der Waals surface area (Å²) in [6.45, 7) is 3.20. The first-order chi connectivity index (χ1) is 23.5. The fraction of sp³-hybridized carbons (Fsp3) is 0.600. The molecule has 5 heterocycles. The Hall–Kier alpha value is -2.72. The summed E-state index contributed by atoms with van der Waals surface area (Å²) in [5.41, 5.74) is 1.25. The molecular formula is C35H42FN3O8S2. The molecule has 9 rings (SSSR count). The van der Waals surface area contributed by atoms with E-state index >= 15 is 0 Å². The maximum absolute atomic E-state index is 14.3. The summed E-state index contributed by atoms with van der Waals surface area (Å²) < 4.78 is 68.1. The van der Waals surface area contributed by atoms with Gasteiger partial charge in [0, 0.05) is 31.0 Å². The zero-order valence-electron chi connectivity index (χ0n) is 27.3. The van der Waals surface area contributed by atoms with Gasteiger partial charge in [-0.3, -0.25) is 4.79 Å². The Morgan fingerprint density at radius 2 is 1.90 bits per heavy atom. The van der Waals surface area contributed by atoms with Crippen LogP contribution in [0.25, 0.3) is 10.2 Å². The van der Waals surface area contributed by atoms with E-state index in [2.05, 4.69) is 10.3 Å². The fourth-order valence-corrected chi connectivity index (χ4v) is 9.90. The number of anilines is 1. The number of halogens is 1. The van der Waals surface area contributed by atoms with Gasteiger partial charge in [0.15, 0.2) is 11.4 Å². The van der Waals surface area contributed by atoms with Crippen molar-refractivity contribution in [1.82, 2.24) is 9.29 Å². The van der Waals surface area contributed by atoms with Gasteiger partial charge in [-0.1, -0.05) is 30.4 Å². The summed E-state index contributed by atoms with van der Waals surface area (Å²) in [7, 11) is -4.04. The lowest BCUT2D eigenvalue weighted by Gasteiger charge is -2.36. The highest BCUT2D eigenvalue weighted by atomic mass is 32.2. The van der Waals surface area contributed by atoms with Gasteiger partial charge < -0.3 is 29.4 Å². The molecule has 0 amide bonds. The number of rotatable bonds is 14. The number of benzene rings is 2. The van der Waals surface area contributed by atoms with Crippen LogP contribution in [-0.4, -0.2) is 92.3 Å². The number of thiazole rings is 1. The van der Waals surface area contributed by atoms with E-state index in [0.29, 0.717) is 25.9 Å². The van der Waals surface area contributed by atoms with Crippen LogP contribution in [0, 0.1) is 29.0 Å². The van der Waals surface area contributed by atoms with E-state index in [9.17, 15) is 22.7 Å². The lowest BCUT2D eigenvalue weighted by atomic mass is 9.87. The maximum atomic E-state index is 14.3. The number of aliphatic hydroxyl groups is 1. The van der Waals surface area contributed by atoms with Crippen LogP contribution in [0.5, 0.6) is 0 Å². The molecule has 4 aliphatic heterocycles. The van der Waals surface area contributed by atoms with Gasteiger partial charge in [0.1, 0.15) is 18.0 Å². The highest BCUT2D eigenvalue weighted by Crippen LogP contribution is 2.46. The van der Waals surface area contributed by atoms with Gasteiger partial charge in [0.25, 0.3) is 0 Å². The number of nitrogens with one attached hydrogen (secondary N) is 1. The molecule has 6 aliphatic rings. The quantitative estimate of drug-likeness (QED) is 0.232.